The van der Waals surface area contributed by atoms with Gasteiger partial charge < -0.3 is 9.84 Å². The predicted octanol–water partition coefficient (Wildman–Crippen LogP) is -0.677. The van der Waals surface area contributed by atoms with Gasteiger partial charge in [0.1, 0.15) is 0 Å². The van der Waals surface area contributed by atoms with Crippen LogP contribution < -0.4 is 4.72 Å². The summed E-state index contributed by atoms with van der Waals surface area (Å²) in [5, 5.41) is 8.44. The van der Waals surface area contributed by atoms with Gasteiger partial charge in [-0.05, 0) is 13.8 Å². The average molecular weight is 211 g/mol. The molecule has 0 aliphatic heterocycles. The van der Waals surface area contributed by atoms with Crippen molar-refractivity contribution in [3.8, 4) is 0 Å². The number of hydrogen-bond donors (Lipinski definition) is 2. The maximum atomic E-state index is 11.1. The number of aliphatic hydroxyl groups excluding tert-OH is 1. The van der Waals surface area contributed by atoms with E-state index in [1.807, 2.05) is 6.92 Å². The summed E-state index contributed by atoms with van der Waals surface area (Å²) >= 11 is 0. The highest BCUT2D eigenvalue weighted by Crippen LogP contribution is 1.90. The van der Waals surface area contributed by atoms with E-state index in [1.54, 1.807) is 6.92 Å². The van der Waals surface area contributed by atoms with Crippen LogP contribution in [0.4, 0.5) is 0 Å². The normalized spacial score (nSPS) is 14.4. The van der Waals surface area contributed by atoms with Crippen LogP contribution in [0.15, 0.2) is 0 Å². The summed E-state index contributed by atoms with van der Waals surface area (Å²) in [5.74, 6) is -0.260. The van der Waals surface area contributed by atoms with Crippen molar-refractivity contribution in [3.05, 3.63) is 0 Å². The van der Waals surface area contributed by atoms with Crippen molar-refractivity contribution in [2.24, 2.45) is 0 Å². The molecule has 0 saturated carbocycles. The summed E-state index contributed by atoms with van der Waals surface area (Å²) in [6.45, 7) is 4.10. The van der Waals surface area contributed by atoms with Gasteiger partial charge in [0.15, 0.2) is 0 Å². The Morgan fingerprint density at radius 3 is 2.62 bits per heavy atom. The molecule has 0 aromatic rings. The molecule has 6 heteroatoms. The number of hydrogen-bond acceptors (Lipinski definition) is 4. The van der Waals surface area contributed by atoms with Gasteiger partial charge in [-0.2, -0.15) is 0 Å². The van der Waals surface area contributed by atoms with Crippen LogP contribution >= 0.6 is 0 Å². The maximum Gasteiger partial charge on any atom is 0.214 e. The summed E-state index contributed by atoms with van der Waals surface area (Å²) in [5.41, 5.74) is 0. The van der Waals surface area contributed by atoms with Gasteiger partial charge in [-0.25, -0.2) is 13.1 Å². The fourth-order valence-electron chi connectivity index (χ4n) is 0.814. The first kappa shape index (κ1) is 12.8. The van der Waals surface area contributed by atoms with E-state index in [9.17, 15) is 8.42 Å². The van der Waals surface area contributed by atoms with Gasteiger partial charge in [0.05, 0.1) is 19.0 Å². The van der Waals surface area contributed by atoms with E-state index in [-0.39, 0.29) is 18.4 Å². The van der Waals surface area contributed by atoms with E-state index in [0.717, 1.165) is 0 Å². The fraction of sp³-hybridized carbons (Fsp3) is 1.00. The second kappa shape index (κ2) is 6.31. The molecule has 0 fully saturated rings. The predicted molar refractivity (Wildman–Crippen MR) is 50.0 cm³/mol. The molecule has 0 saturated heterocycles. The van der Waals surface area contributed by atoms with Gasteiger partial charge in [0, 0.05) is 12.6 Å². The zero-order valence-corrected chi connectivity index (χ0v) is 8.80. The van der Waals surface area contributed by atoms with Crippen LogP contribution in [0.5, 0.6) is 0 Å². The highest BCUT2D eigenvalue weighted by atomic mass is 32.2. The maximum absolute atomic E-state index is 11.1. The van der Waals surface area contributed by atoms with Gasteiger partial charge in [0.2, 0.25) is 10.0 Å². The highest BCUT2D eigenvalue weighted by molar-refractivity contribution is 7.89. The average Bonchev–Trinajstić information content (AvgIpc) is 1.99. The first-order chi connectivity index (χ1) is 6.02. The fourth-order valence-corrected chi connectivity index (χ4v) is 1.85. The molecule has 0 aliphatic carbocycles. The molecule has 0 aromatic carbocycles. The van der Waals surface area contributed by atoms with E-state index < -0.39 is 10.0 Å². The SMILES string of the molecule is CCOCC(C)NS(=O)(=O)CCO. The third-order valence-corrected chi connectivity index (χ3v) is 2.79. The molecule has 0 rings (SSSR count). The molecule has 13 heavy (non-hydrogen) atoms. The van der Waals surface area contributed by atoms with Crippen molar-refractivity contribution in [1.82, 2.24) is 4.72 Å². The van der Waals surface area contributed by atoms with Crippen molar-refractivity contribution >= 4 is 10.0 Å². The quantitative estimate of drug-likeness (QED) is 0.585. The summed E-state index contributed by atoms with van der Waals surface area (Å²) in [4.78, 5) is 0. The molecule has 0 heterocycles. The molecule has 0 bridgehead atoms. The third-order valence-electron chi connectivity index (χ3n) is 1.31. The lowest BCUT2D eigenvalue weighted by Gasteiger charge is -2.12. The summed E-state index contributed by atoms with van der Waals surface area (Å²) < 4.78 is 29.6. The van der Waals surface area contributed by atoms with Crippen LogP contribution in [-0.2, 0) is 14.8 Å². The monoisotopic (exact) mass is 211 g/mol. The lowest BCUT2D eigenvalue weighted by molar-refractivity contribution is 0.133. The largest absolute Gasteiger partial charge is 0.395 e. The van der Waals surface area contributed by atoms with Gasteiger partial charge in [0.25, 0.3) is 0 Å². The number of ether oxygens (including phenoxy) is 1. The molecule has 2 N–H and O–H groups in total. The Bertz CT molecular complexity index is 215. The van der Waals surface area contributed by atoms with Crippen molar-refractivity contribution < 1.29 is 18.3 Å². The minimum atomic E-state index is -3.34. The van der Waals surface area contributed by atoms with E-state index in [2.05, 4.69) is 4.72 Å². The number of sulfonamides is 1. The zero-order chi connectivity index (χ0) is 10.3. The molecular formula is C7H17NO4S. The van der Waals surface area contributed by atoms with Crippen LogP contribution in [0.25, 0.3) is 0 Å². The molecule has 0 amide bonds. The Hall–Kier alpha value is -0.170. The van der Waals surface area contributed by atoms with Crippen molar-refractivity contribution in [2.45, 2.75) is 19.9 Å². The number of rotatable bonds is 7. The zero-order valence-electron chi connectivity index (χ0n) is 7.99. The lowest BCUT2D eigenvalue weighted by Crippen LogP contribution is -2.38. The molecule has 0 radical (unpaired) electrons. The van der Waals surface area contributed by atoms with Crippen LogP contribution in [0.1, 0.15) is 13.8 Å². The van der Waals surface area contributed by atoms with Gasteiger partial charge in [-0.3, -0.25) is 0 Å². The first-order valence-corrected chi connectivity index (χ1v) is 5.85. The molecule has 0 aromatic heterocycles. The first-order valence-electron chi connectivity index (χ1n) is 4.20. The summed E-state index contributed by atoms with van der Waals surface area (Å²) in [7, 11) is -3.34. The molecule has 1 unspecified atom stereocenters. The Morgan fingerprint density at radius 2 is 2.15 bits per heavy atom. The molecule has 1 atom stereocenters. The van der Waals surface area contributed by atoms with Crippen LogP contribution in [0.3, 0.4) is 0 Å². The Morgan fingerprint density at radius 1 is 1.54 bits per heavy atom. The van der Waals surface area contributed by atoms with Crippen molar-refractivity contribution in [3.63, 3.8) is 0 Å². The highest BCUT2D eigenvalue weighted by Gasteiger charge is 2.13. The standard InChI is InChI=1S/C7H17NO4S/c1-3-12-6-7(2)8-13(10,11)5-4-9/h7-9H,3-6H2,1-2H3. The summed E-state index contributed by atoms with van der Waals surface area (Å²) in [6, 6.07) is -0.253. The molecule has 0 spiro atoms. The Labute approximate surface area is 79.1 Å². The van der Waals surface area contributed by atoms with Gasteiger partial charge >= 0.3 is 0 Å². The lowest BCUT2D eigenvalue weighted by atomic mass is 10.4. The van der Waals surface area contributed by atoms with Crippen molar-refractivity contribution in [1.29, 1.82) is 0 Å². The van der Waals surface area contributed by atoms with Gasteiger partial charge in [-0.15, -0.1) is 0 Å². The third kappa shape index (κ3) is 6.94. The van der Waals surface area contributed by atoms with E-state index >= 15 is 0 Å². The van der Waals surface area contributed by atoms with E-state index in [1.165, 1.54) is 0 Å². The number of nitrogens with one attached hydrogen (secondary N) is 1. The number of aliphatic hydroxyl groups is 1. The molecule has 0 aliphatic rings. The summed E-state index contributed by atoms with van der Waals surface area (Å²) in [6.07, 6.45) is 0. The molecule has 80 valence electrons. The minimum absolute atomic E-state index is 0.253. The van der Waals surface area contributed by atoms with Crippen LogP contribution in [0.2, 0.25) is 0 Å². The van der Waals surface area contributed by atoms with Gasteiger partial charge in [-0.1, -0.05) is 0 Å². The van der Waals surface area contributed by atoms with E-state index in [0.29, 0.717) is 13.2 Å². The molecule has 5 nitrogen and oxygen atoms in total. The topological polar surface area (TPSA) is 75.6 Å². The van der Waals surface area contributed by atoms with E-state index in [4.69, 9.17) is 9.84 Å². The van der Waals surface area contributed by atoms with Crippen LogP contribution in [-0.4, -0.2) is 45.1 Å². The Balaban J connectivity index is 3.82. The smallest absolute Gasteiger partial charge is 0.214 e. The second-order valence-corrected chi connectivity index (χ2v) is 4.59. The molecular weight excluding hydrogens is 194 g/mol. The van der Waals surface area contributed by atoms with Crippen molar-refractivity contribution in [2.75, 3.05) is 25.6 Å². The second-order valence-electron chi connectivity index (χ2n) is 2.72. The minimum Gasteiger partial charge on any atom is -0.395 e. The Kier molecular flexibility index (Phi) is 6.23. The van der Waals surface area contributed by atoms with Crippen LogP contribution in [0, 0.1) is 0 Å².